The molecule has 5 heteroatoms. The van der Waals surface area contributed by atoms with Crippen molar-refractivity contribution in [2.75, 3.05) is 7.05 Å². The monoisotopic (exact) mass is 221 g/mol. The summed E-state index contributed by atoms with van der Waals surface area (Å²) >= 11 is 0. The number of hydroxylamine groups is 1. The van der Waals surface area contributed by atoms with Crippen LogP contribution in [0.2, 0.25) is 0 Å². The van der Waals surface area contributed by atoms with Gasteiger partial charge in [0.05, 0.1) is 0 Å². The highest BCUT2D eigenvalue weighted by molar-refractivity contribution is 5.97. The van der Waals surface area contributed by atoms with Crippen molar-refractivity contribution < 1.29 is 9.63 Å². The number of hydrogen-bond acceptors (Lipinski definition) is 4. The molecule has 86 valence electrons. The van der Waals surface area contributed by atoms with Crippen molar-refractivity contribution in [3.8, 4) is 0 Å². The van der Waals surface area contributed by atoms with E-state index in [2.05, 4.69) is 20.3 Å². The molecule has 1 aromatic rings. The summed E-state index contributed by atoms with van der Waals surface area (Å²) in [6.45, 7) is 4.24. The van der Waals surface area contributed by atoms with Gasteiger partial charge in [-0.15, -0.1) is 0 Å². The lowest BCUT2D eigenvalue weighted by molar-refractivity contribution is -0.132. The van der Waals surface area contributed by atoms with Gasteiger partial charge in [-0.2, -0.15) is 5.48 Å². The zero-order chi connectivity index (χ0) is 12.0. The van der Waals surface area contributed by atoms with Crippen LogP contribution in [0.5, 0.6) is 0 Å². The first-order valence-electron chi connectivity index (χ1n) is 5.01. The van der Waals surface area contributed by atoms with Crippen LogP contribution in [0.25, 0.3) is 0 Å². The molecule has 0 aliphatic rings. The second-order valence-electron chi connectivity index (χ2n) is 3.20. The SMILES string of the molecule is CCc1ccc(C)nc1C(=NC)NOC=O. The molecule has 0 saturated carbocycles. The van der Waals surface area contributed by atoms with Crippen LogP contribution in [0.15, 0.2) is 17.1 Å². The van der Waals surface area contributed by atoms with Gasteiger partial charge in [0.15, 0.2) is 5.84 Å². The first-order valence-corrected chi connectivity index (χ1v) is 5.01. The lowest BCUT2D eigenvalue weighted by Crippen LogP contribution is -2.26. The fraction of sp³-hybridized carbons (Fsp3) is 0.364. The summed E-state index contributed by atoms with van der Waals surface area (Å²) in [5.74, 6) is 0.452. The van der Waals surface area contributed by atoms with Gasteiger partial charge in [-0.05, 0) is 25.0 Å². The molecule has 0 saturated heterocycles. The minimum atomic E-state index is 0.312. The van der Waals surface area contributed by atoms with E-state index < -0.39 is 0 Å². The molecule has 1 aromatic heterocycles. The predicted octanol–water partition coefficient (Wildman–Crippen LogP) is 1.01. The van der Waals surface area contributed by atoms with Crippen LogP contribution >= 0.6 is 0 Å². The largest absolute Gasteiger partial charge is 0.345 e. The van der Waals surface area contributed by atoms with E-state index in [-0.39, 0.29) is 0 Å². The average molecular weight is 221 g/mol. The molecule has 0 bridgehead atoms. The molecule has 0 unspecified atom stereocenters. The fourth-order valence-electron chi connectivity index (χ4n) is 1.36. The Hall–Kier alpha value is -1.91. The van der Waals surface area contributed by atoms with Gasteiger partial charge in [0.2, 0.25) is 0 Å². The van der Waals surface area contributed by atoms with E-state index in [1.54, 1.807) is 7.05 Å². The Labute approximate surface area is 94.5 Å². The molecule has 1 heterocycles. The second-order valence-corrected chi connectivity index (χ2v) is 3.20. The Bertz CT molecular complexity index is 402. The molecule has 0 radical (unpaired) electrons. The van der Waals surface area contributed by atoms with Crippen molar-refractivity contribution in [3.63, 3.8) is 0 Å². The number of aliphatic imine (C=N–C) groups is 1. The van der Waals surface area contributed by atoms with E-state index in [1.165, 1.54) is 0 Å². The predicted molar refractivity (Wildman–Crippen MR) is 61.1 cm³/mol. The Morgan fingerprint density at radius 2 is 2.38 bits per heavy atom. The highest BCUT2D eigenvalue weighted by atomic mass is 16.7. The van der Waals surface area contributed by atoms with Gasteiger partial charge in [-0.1, -0.05) is 13.0 Å². The Balaban J connectivity index is 3.07. The fourth-order valence-corrected chi connectivity index (χ4v) is 1.36. The summed E-state index contributed by atoms with van der Waals surface area (Å²) in [7, 11) is 1.61. The molecule has 0 atom stereocenters. The molecular weight excluding hydrogens is 206 g/mol. The molecule has 16 heavy (non-hydrogen) atoms. The molecule has 0 aliphatic carbocycles. The van der Waals surface area contributed by atoms with Gasteiger partial charge >= 0.3 is 6.47 Å². The number of aryl methyl sites for hydroxylation is 2. The summed E-state index contributed by atoms with van der Waals surface area (Å²) in [4.78, 5) is 23.0. The first kappa shape index (κ1) is 12.2. The van der Waals surface area contributed by atoms with Crippen LogP contribution in [-0.2, 0) is 16.1 Å². The Morgan fingerprint density at radius 1 is 1.62 bits per heavy atom. The maximum Gasteiger partial charge on any atom is 0.320 e. The molecule has 0 fully saturated rings. The Kier molecular flexibility index (Phi) is 4.44. The van der Waals surface area contributed by atoms with Gasteiger partial charge in [-0.25, -0.2) is 4.98 Å². The number of rotatable bonds is 4. The lowest BCUT2D eigenvalue weighted by Gasteiger charge is -2.10. The third kappa shape index (κ3) is 2.79. The van der Waals surface area contributed by atoms with Gasteiger partial charge in [0, 0.05) is 12.7 Å². The molecule has 1 N–H and O–H groups in total. The second kappa shape index (κ2) is 5.85. The standard InChI is InChI=1S/C11H15N3O2/c1-4-9-6-5-8(2)13-10(9)11(12-3)14-16-7-15/h5-7H,4H2,1-3H3,(H,12,14). The van der Waals surface area contributed by atoms with Crippen LogP contribution in [0.1, 0.15) is 23.9 Å². The van der Waals surface area contributed by atoms with Crippen LogP contribution in [0.3, 0.4) is 0 Å². The van der Waals surface area contributed by atoms with Gasteiger partial charge in [0.25, 0.3) is 0 Å². The maximum atomic E-state index is 10.1. The number of hydrogen-bond donors (Lipinski definition) is 1. The van der Waals surface area contributed by atoms with E-state index >= 15 is 0 Å². The summed E-state index contributed by atoms with van der Waals surface area (Å²) in [6, 6.07) is 3.93. The molecule has 5 nitrogen and oxygen atoms in total. The van der Waals surface area contributed by atoms with Crippen molar-refractivity contribution in [2.24, 2.45) is 4.99 Å². The van der Waals surface area contributed by atoms with E-state index in [9.17, 15) is 4.79 Å². The van der Waals surface area contributed by atoms with Crippen molar-refractivity contribution in [2.45, 2.75) is 20.3 Å². The number of carbonyl (C=O) groups excluding carboxylic acids is 1. The van der Waals surface area contributed by atoms with E-state index in [0.717, 1.165) is 17.7 Å². The number of pyridine rings is 1. The summed E-state index contributed by atoms with van der Waals surface area (Å²) in [5.41, 5.74) is 5.11. The number of aromatic nitrogens is 1. The third-order valence-corrected chi connectivity index (χ3v) is 2.15. The van der Waals surface area contributed by atoms with Crippen LogP contribution in [0.4, 0.5) is 0 Å². The van der Waals surface area contributed by atoms with Crippen molar-refractivity contribution >= 4 is 12.3 Å². The zero-order valence-electron chi connectivity index (χ0n) is 9.65. The Morgan fingerprint density at radius 3 is 2.94 bits per heavy atom. The molecule has 0 amide bonds. The summed E-state index contributed by atoms with van der Waals surface area (Å²) < 4.78 is 0. The van der Waals surface area contributed by atoms with E-state index in [4.69, 9.17) is 0 Å². The number of nitrogens with zero attached hydrogens (tertiary/aromatic N) is 2. The smallest absolute Gasteiger partial charge is 0.320 e. The van der Waals surface area contributed by atoms with Gasteiger partial charge < -0.3 is 4.84 Å². The maximum absolute atomic E-state index is 10.1. The highest BCUT2D eigenvalue weighted by Gasteiger charge is 2.10. The topological polar surface area (TPSA) is 63.6 Å². The van der Waals surface area contributed by atoms with Crippen LogP contribution < -0.4 is 5.48 Å². The summed E-state index contributed by atoms with van der Waals surface area (Å²) in [5, 5.41) is 0. The zero-order valence-corrected chi connectivity index (χ0v) is 9.65. The highest BCUT2D eigenvalue weighted by Crippen LogP contribution is 2.09. The molecule has 1 rings (SSSR count). The van der Waals surface area contributed by atoms with Crippen molar-refractivity contribution in [1.82, 2.24) is 10.5 Å². The number of nitrogens with one attached hydrogen (secondary N) is 1. The van der Waals surface area contributed by atoms with Crippen molar-refractivity contribution in [3.05, 3.63) is 29.1 Å². The van der Waals surface area contributed by atoms with Crippen LogP contribution in [-0.4, -0.2) is 24.3 Å². The van der Waals surface area contributed by atoms with Gasteiger partial charge in [-0.3, -0.25) is 9.79 Å². The number of carbonyl (C=O) groups is 1. The molecule has 0 aromatic carbocycles. The third-order valence-electron chi connectivity index (χ3n) is 2.15. The van der Waals surface area contributed by atoms with Gasteiger partial charge in [0.1, 0.15) is 5.69 Å². The quantitative estimate of drug-likeness (QED) is 0.356. The molecule has 0 spiro atoms. The lowest BCUT2D eigenvalue weighted by atomic mass is 10.1. The molecular formula is C11H15N3O2. The van der Waals surface area contributed by atoms with Crippen LogP contribution in [0, 0.1) is 6.92 Å². The normalized spacial score (nSPS) is 11.1. The minimum absolute atomic E-state index is 0.312. The van der Waals surface area contributed by atoms with E-state index in [0.29, 0.717) is 18.0 Å². The average Bonchev–Trinajstić information content (AvgIpc) is 2.30. The molecule has 0 aliphatic heterocycles. The number of amidine groups is 1. The minimum Gasteiger partial charge on any atom is -0.345 e. The van der Waals surface area contributed by atoms with E-state index in [1.807, 2.05) is 26.0 Å². The van der Waals surface area contributed by atoms with Crippen molar-refractivity contribution in [1.29, 1.82) is 0 Å². The first-order chi connectivity index (χ1) is 7.72. The summed E-state index contributed by atoms with van der Waals surface area (Å²) in [6.07, 6.45) is 0.838.